The highest BCUT2D eigenvalue weighted by Gasteiger charge is 2.19. The van der Waals surface area contributed by atoms with Crippen molar-refractivity contribution in [2.45, 2.75) is 0 Å². The molecule has 2 N–H and O–H groups in total. The van der Waals surface area contributed by atoms with Gasteiger partial charge in [0.15, 0.2) is 5.69 Å². The number of hydrogen-bond donors (Lipinski definition) is 2. The second-order valence-electron chi connectivity index (χ2n) is 6.94. The summed E-state index contributed by atoms with van der Waals surface area (Å²) in [6, 6.07) is 25.6. The van der Waals surface area contributed by atoms with Gasteiger partial charge in [0, 0.05) is 16.5 Å². The standard InChI is InChI=1S/C24H17N5O2S/c30-19-13-11-18(12-14-19)26-27-22-21(17-9-5-2-6-10-17)28-29(23(22)31)24-25-20(15-32-24)16-7-3-1-4-8-16/h1-15,28,30H. The normalized spacial score (nSPS) is 11.2. The van der Waals surface area contributed by atoms with Crippen LogP contribution >= 0.6 is 11.3 Å². The Labute approximate surface area is 187 Å². The van der Waals surface area contributed by atoms with Crippen LogP contribution in [0, 0.1) is 0 Å². The van der Waals surface area contributed by atoms with E-state index in [1.807, 2.05) is 66.0 Å². The van der Waals surface area contributed by atoms with Gasteiger partial charge in [-0.2, -0.15) is 9.80 Å². The van der Waals surface area contributed by atoms with E-state index in [-0.39, 0.29) is 17.0 Å². The van der Waals surface area contributed by atoms with Crippen LogP contribution in [0.3, 0.4) is 0 Å². The second-order valence-corrected chi connectivity index (χ2v) is 7.78. The number of aromatic hydroxyl groups is 1. The maximum absolute atomic E-state index is 13.3. The lowest BCUT2D eigenvalue weighted by atomic mass is 10.1. The van der Waals surface area contributed by atoms with Gasteiger partial charge in [-0.15, -0.1) is 16.5 Å². The first-order chi connectivity index (χ1) is 15.7. The van der Waals surface area contributed by atoms with E-state index in [1.54, 1.807) is 12.1 Å². The predicted octanol–water partition coefficient (Wildman–Crippen LogP) is 6.08. The molecule has 5 aromatic rings. The third-order valence-corrected chi connectivity index (χ3v) is 5.62. The number of benzene rings is 3. The van der Waals surface area contributed by atoms with Gasteiger partial charge in [0.25, 0.3) is 0 Å². The number of phenols is 1. The lowest BCUT2D eigenvalue weighted by Gasteiger charge is -1.99. The highest BCUT2D eigenvalue weighted by molar-refractivity contribution is 7.12. The zero-order chi connectivity index (χ0) is 21.9. The van der Waals surface area contributed by atoms with Crippen molar-refractivity contribution in [3.8, 4) is 33.4 Å². The van der Waals surface area contributed by atoms with Crippen molar-refractivity contribution >= 4 is 22.7 Å². The molecule has 0 unspecified atom stereocenters. The zero-order valence-electron chi connectivity index (χ0n) is 16.7. The van der Waals surface area contributed by atoms with Gasteiger partial charge in [-0.05, 0) is 24.3 Å². The van der Waals surface area contributed by atoms with Crippen molar-refractivity contribution in [2.75, 3.05) is 0 Å². The van der Waals surface area contributed by atoms with Crippen molar-refractivity contribution in [1.82, 2.24) is 14.8 Å². The smallest absolute Gasteiger partial charge is 0.301 e. The Balaban J connectivity index is 1.60. The van der Waals surface area contributed by atoms with Gasteiger partial charge in [0.2, 0.25) is 5.13 Å². The van der Waals surface area contributed by atoms with Crippen molar-refractivity contribution < 1.29 is 5.11 Å². The Kier molecular flexibility index (Phi) is 5.19. The molecule has 0 saturated heterocycles. The van der Waals surface area contributed by atoms with Crippen molar-refractivity contribution in [3.05, 3.63) is 101 Å². The lowest BCUT2D eigenvalue weighted by Crippen LogP contribution is -2.13. The van der Waals surface area contributed by atoms with Crippen LogP contribution in [0.1, 0.15) is 0 Å². The third-order valence-electron chi connectivity index (χ3n) is 4.80. The first-order valence-corrected chi connectivity index (χ1v) is 10.7. The minimum absolute atomic E-state index is 0.135. The number of aromatic nitrogens is 3. The summed E-state index contributed by atoms with van der Waals surface area (Å²) in [7, 11) is 0. The quantitative estimate of drug-likeness (QED) is 0.325. The third kappa shape index (κ3) is 3.86. The highest BCUT2D eigenvalue weighted by Crippen LogP contribution is 2.30. The topological polar surface area (TPSA) is 95.6 Å². The summed E-state index contributed by atoms with van der Waals surface area (Å²) in [6.45, 7) is 0. The fourth-order valence-corrected chi connectivity index (χ4v) is 3.99. The maximum Gasteiger partial charge on any atom is 0.301 e. The summed E-state index contributed by atoms with van der Waals surface area (Å²) in [5.41, 5.74) is 3.49. The number of nitrogens with one attached hydrogen (secondary N) is 1. The Morgan fingerprint density at radius 2 is 1.50 bits per heavy atom. The van der Waals surface area contributed by atoms with E-state index in [9.17, 15) is 9.90 Å². The van der Waals surface area contributed by atoms with Crippen molar-refractivity contribution in [1.29, 1.82) is 0 Å². The van der Waals surface area contributed by atoms with E-state index in [0.717, 1.165) is 16.8 Å². The molecule has 156 valence electrons. The maximum atomic E-state index is 13.3. The average molecular weight is 440 g/mol. The first kappa shape index (κ1) is 19.7. The predicted molar refractivity (Wildman–Crippen MR) is 125 cm³/mol. The van der Waals surface area contributed by atoms with E-state index in [4.69, 9.17) is 0 Å². The van der Waals surface area contributed by atoms with Gasteiger partial charge in [-0.3, -0.25) is 9.89 Å². The second kappa shape index (κ2) is 8.44. The molecular formula is C24H17N5O2S. The molecule has 0 spiro atoms. The van der Waals surface area contributed by atoms with E-state index >= 15 is 0 Å². The summed E-state index contributed by atoms with van der Waals surface area (Å²) in [4.78, 5) is 17.9. The molecule has 0 aliphatic rings. The van der Waals surface area contributed by atoms with Crippen LogP contribution in [0.5, 0.6) is 5.75 Å². The largest absolute Gasteiger partial charge is 0.508 e. The molecule has 32 heavy (non-hydrogen) atoms. The summed E-state index contributed by atoms with van der Waals surface area (Å²) in [6.07, 6.45) is 0. The van der Waals surface area contributed by atoms with Gasteiger partial charge in [0.05, 0.1) is 17.1 Å². The zero-order valence-corrected chi connectivity index (χ0v) is 17.5. The van der Waals surface area contributed by atoms with E-state index in [0.29, 0.717) is 16.5 Å². The van der Waals surface area contributed by atoms with Crippen LogP contribution in [0.15, 0.2) is 105 Å². The Bertz CT molecular complexity index is 1440. The lowest BCUT2D eigenvalue weighted by molar-refractivity contribution is 0.475. The SMILES string of the molecule is O=c1c(N=Nc2ccc(O)cc2)c(-c2ccccc2)[nH]n1-c1nc(-c2ccccc2)cs1. The van der Waals surface area contributed by atoms with Gasteiger partial charge in [-0.1, -0.05) is 60.7 Å². The summed E-state index contributed by atoms with van der Waals surface area (Å²) >= 11 is 1.37. The number of nitrogens with zero attached hydrogens (tertiary/aromatic N) is 4. The Morgan fingerprint density at radius 1 is 0.844 bits per heavy atom. The average Bonchev–Trinajstić information content (AvgIpc) is 3.45. The number of aromatic amines is 1. The molecule has 5 rings (SSSR count). The Hall–Kier alpha value is -4.30. The fraction of sp³-hybridized carbons (Fsp3) is 0. The summed E-state index contributed by atoms with van der Waals surface area (Å²) in [5, 5.41) is 23.5. The molecule has 0 aliphatic heterocycles. The Morgan fingerprint density at radius 3 is 2.19 bits per heavy atom. The van der Waals surface area contributed by atoms with Crippen LogP contribution in [0.2, 0.25) is 0 Å². The monoisotopic (exact) mass is 439 g/mol. The van der Waals surface area contributed by atoms with Crippen LogP contribution in [-0.4, -0.2) is 19.9 Å². The summed E-state index contributed by atoms with van der Waals surface area (Å²) < 4.78 is 1.39. The molecular weight excluding hydrogens is 422 g/mol. The van der Waals surface area contributed by atoms with Crippen LogP contribution in [0.25, 0.3) is 27.6 Å². The minimum atomic E-state index is -0.347. The number of phenolic OH excluding ortho intramolecular Hbond substituents is 1. The molecule has 2 heterocycles. The number of H-pyrrole nitrogens is 1. The van der Waals surface area contributed by atoms with E-state index < -0.39 is 0 Å². The first-order valence-electron chi connectivity index (χ1n) is 9.81. The number of rotatable bonds is 5. The van der Waals surface area contributed by atoms with E-state index in [1.165, 1.54) is 28.2 Å². The molecule has 3 aromatic carbocycles. The minimum Gasteiger partial charge on any atom is -0.508 e. The molecule has 7 nitrogen and oxygen atoms in total. The van der Waals surface area contributed by atoms with Crippen LogP contribution < -0.4 is 5.56 Å². The molecule has 0 saturated carbocycles. The van der Waals surface area contributed by atoms with Crippen LogP contribution in [-0.2, 0) is 0 Å². The molecule has 0 fully saturated rings. The highest BCUT2D eigenvalue weighted by atomic mass is 32.1. The van der Waals surface area contributed by atoms with Gasteiger partial charge < -0.3 is 5.11 Å². The molecule has 8 heteroatoms. The number of hydrogen-bond acceptors (Lipinski definition) is 6. The molecule has 0 amide bonds. The van der Waals surface area contributed by atoms with Gasteiger partial charge in [0.1, 0.15) is 5.75 Å². The molecule has 0 bridgehead atoms. The van der Waals surface area contributed by atoms with Gasteiger partial charge >= 0.3 is 5.56 Å². The summed E-state index contributed by atoms with van der Waals surface area (Å²) in [5.74, 6) is 0.135. The van der Waals surface area contributed by atoms with Crippen molar-refractivity contribution in [3.63, 3.8) is 0 Å². The number of thiazole rings is 1. The molecule has 0 aliphatic carbocycles. The van der Waals surface area contributed by atoms with Gasteiger partial charge in [-0.25, -0.2) is 4.98 Å². The number of azo groups is 1. The van der Waals surface area contributed by atoms with Crippen LogP contribution in [0.4, 0.5) is 11.4 Å². The van der Waals surface area contributed by atoms with Crippen molar-refractivity contribution in [2.24, 2.45) is 10.2 Å². The molecule has 0 radical (unpaired) electrons. The fourth-order valence-electron chi connectivity index (χ4n) is 3.20. The molecule has 0 atom stereocenters. The molecule has 2 aromatic heterocycles. The van der Waals surface area contributed by atoms with E-state index in [2.05, 4.69) is 20.3 Å².